The van der Waals surface area contributed by atoms with Crippen LogP contribution in [0.15, 0.2) is 12.1 Å². The molecule has 1 aromatic carbocycles. The number of nitrogens with two attached hydrogens (primary N) is 1. The van der Waals surface area contributed by atoms with Crippen molar-refractivity contribution in [2.75, 3.05) is 0 Å². The quantitative estimate of drug-likeness (QED) is 0.772. The van der Waals surface area contributed by atoms with Crippen molar-refractivity contribution in [3.05, 3.63) is 33.8 Å². The molecule has 0 aliphatic carbocycles. The van der Waals surface area contributed by atoms with E-state index in [-0.39, 0.29) is 22.7 Å². The van der Waals surface area contributed by atoms with Crippen LogP contribution >= 0.6 is 11.6 Å². The summed E-state index contributed by atoms with van der Waals surface area (Å²) in [5.41, 5.74) is 5.97. The number of benzene rings is 1. The van der Waals surface area contributed by atoms with Crippen LogP contribution in [0.25, 0.3) is 0 Å². The van der Waals surface area contributed by atoms with Gasteiger partial charge in [0.2, 0.25) is 0 Å². The molecule has 0 heterocycles. The second-order valence-electron chi connectivity index (χ2n) is 2.62. The Morgan fingerprint density at radius 3 is 2.71 bits per heavy atom. The van der Waals surface area contributed by atoms with Gasteiger partial charge in [-0.1, -0.05) is 11.6 Å². The molecule has 0 aromatic heterocycles. The van der Waals surface area contributed by atoms with Crippen LogP contribution in [0.2, 0.25) is 5.02 Å². The molecule has 0 spiro atoms. The van der Waals surface area contributed by atoms with Crippen LogP contribution in [0.1, 0.15) is 21.5 Å². The van der Waals surface area contributed by atoms with Gasteiger partial charge in [-0.3, -0.25) is 0 Å². The number of carboxylic acids is 1. The summed E-state index contributed by atoms with van der Waals surface area (Å²) in [7, 11) is 0. The Kier molecular flexibility index (Phi) is 3.07. The predicted octanol–water partition coefficient (Wildman–Crippen LogP) is 1.37. The summed E-state index contributed by atoms with van der Waals surface area (Å²) in [6.07, 6.45) is 0. The lowest BCUT2D eigenvalue weighted by Gasteiger charge is -2.04. The summed E-state index contributed by atoms with van der Waals surface area (Å²) in [6.45, 7) is 0.106. The molecule has 72 valence electrons. The average molecular weight is 211 g/mol. The van der Waals surface area contributed by atoms with Crippen LogP contribution in [-0.4, -0.2) is 11.1 Å². The molecule has 3 N–H and O–H groups in total. The minimum absolute atomic E-state index is 0.0198. The topological polar surface area (TPSA) is 87.1 Å². The lowest BCUT2D eigenvalue weighted by molar-refractivity contribution is 0.0696. The maximum Gasteiger partial charge on any atom is 0.335 e. The van der Waals surface area contributed by atoms with E-state index < -0.39 is 5.97 Å². The Morgan fingerprint density at radius 1 is 1.64 bits per heavy atom. The molecule has 0 radical (unpaired) electrons. The van der Waals surface area contributed by atoms with Crippen molar-refractivity contribution in [2.24, 2.45) is 5.73 Å². The summed E-state index contributed by atoms with van der Waals surface area (Å²) in [6, 6.07) is 4.41. The zero-order chi connectivity index (χ0) is 10.7. The molecule has 0 aliphatic heterocycles. The lowest BCUT2D eigenvalue weighted by Crippen LogP contribution is -2.04. The van der Waals surface area contributed by atoms with Gasteiger partial charge in [0, 0.05) is 6.54 Å². The molecule has 1 rings (SSSR count). The van der Waals surface area contributed by atoms with Gasteiger partial charge in [-0.05, 0) is 17.7 Å². The summed E-state index contributed by atoms with van der Waals surface area (Å²) in [5, 5.41) is 17.6. The molecule has 0 bridgehead atoms. The Hall–Kier alpha value is -1.57. The zero-order valence-electron chi connectivity index (χ0n) is 7.12. The smallest absolute Gasteiger partial charge is 0.335 e. The summed E-state index contributed by atoms with van der Waals surface area (Å²) < 4.78 is 0. The molecule has 0 saturated heterocycles. The third-order valence-electron chi connectivity index (χ3n) is 1.74. The van der Waals surface area contributed by atoms with E-state index >= 15 is 0 Å². The first-order valence-corrected chi connectivity index (χ1v) is 4.13. The monoisotopic (exact) mass is 210 g/mol. The number of carbonyl (C=O) groups is 1. The first kappa shape index (κ1) is 10.5. The van der Waals surface area contributed by atoms with Gasteiger partial charge in [0.15, 0.2) is 0 Å². The van der Waals surface area contributed by atoms with Crippen LogP contribution in [-0.2, 0) is 6.54 Å². The summed E-state index contributed by atoms with van der Waals surface area (Å²) >= 11 is 5.79. The van der Waals surface area contributed by atoms with Gasteiger partial charge in [-0.2, -0.15) is 5.26 Å². The Bertz CT molecular complexity index is 424. The van der Waals surface area contributed by atoms with Crippen molar-refractivity contribution in [3.63, 3.8) is 0 Å². The fraction of sp³-hybridized carbons (Fsp3) is 0.111. The van der Waals surface area contributed by atoms with Gasteiger partial charge >= 0.3 is 5.97 Å². The maximum absolute atomic E-state index is 10.7. The van der Waals surface area contributed by atoms with Crippen molar-refractivity contribution < 1.29 is 9.90 Å². The molecule has 0 aliphatic rings. The van der Waals surface area contributed by atoms with Crippen LogP contribution in [0.3, 0.4) is 0 Å². The van der Waals surface area contributed by atoms with Crippen molar-refractivity contribution >= 4 is 17.6 Å². The fourth-order valence-electron chi connectivity index (χ4n) is 1.04. The van der Waals surface area contributed by atoms with Crippen LogP contribution in [0.4, 0.5) is 0 Å². The van der Waals surface area contributed by atoms with E-state index in [0.29, 0.717) is 5.56 Å². The molecular weight excluding hydrogens is 204 g/mol. The van der Waals surface area contributed by atoms with Gasteiger partial charge in [0.05, 0.1) is 16.1 Å². The lowest BCUT2D eigenvalue weighted by atomic mass is 10.1. The molecule has 0 atom stereocenters. The largest absolute Gasteiger partial charge is 0.478 e. The van der Waals surface area contributed by atoms with E-state index in [9.17, 15) is 4.79 Å². The van der Waals surface area contributed by atoms with E-state index in [0.717, 1.165) is 0 Å². The van der Waals surface area contributed by atoms with Gasteiger partial charge < -0.3 is 10.8 Å². The molecular formula is C9H7ClN2O2. The Balaban J connectivity index is 3.41. The summed E-state index contributed by atoms with van der Waals surface area (Å²) in [5.74, 6) is -1.10. The standard InChI is InChI=1S/C9H7ClN2O2/c10-8-6(3-11)1-5(9(13)14)2-7(8)4-12/h1-2H,3,11H2,(H,13,14). The number of halogens is 1. The van der Waals surface area contributed by atoms with Crippen molar-refractivity contribution in [1.82, 2.24) is 0 Å². The van der Waals surface area contributed by atoms with E-state index in [2.05, 4.69) is 0 Å². The van der Waals surface area contributed by atoms with Crippen molar-refractivity contribution in [3.8, 4) is 6.07 Å². The fourth-order valence-corrected chi connectivity index (χ4v) is 1.27. The van der Waals surface area contributed by atoms with E-state index in [1.54, 1.807) is 0 Å². The number of hydrogen-bond acceptors (Lipinski definition) is 3. The number of nitriles is 1. The average Bonchev–Trinajstić information content (AvgIpc) is 2.17. The van der Waals surface area contributed by atoms with E-state index in [1.165, 1.54) is 12.1 Å². The first-order valence-electron chi connectivity index (χ1n) is 3.76. The highest BCUT2D eigenvalue weighted by atomic mass is 35.5. The van der Waals surface area contributed by atoms with E-state index in [1.807, 2.05) is 6.07 Å². The van der Waals surface area contributed by atoms with E-state index in [4.69, 9.17) is 27.7 Å². The number of rotatable bonds is 2. The molecule has 4 nitrogen and oxygen atoms in total. The van der Waals surface area contributed by atoms with Crippen LogP contribution in [0, 0.1) is 11.3 Å². The Labute approximate surface area is 85.5 Å². The predicted molar refractivity (Wildman–Crippen MR) is 51.0 cm³/mol. The molecule has 0 unspecified atom stereocenters. The summed E-state index contributed by atoms with van der Waals surface area (Å²) in [4.78, 5) is 10.7. The molecule has 0 amide bonds. The minimum Gasteiger partial charge on any atom is -0.478 e. The van der Waals surface area contributed by atoms with Gasteiger partial charge in [-0.15, -0.1) is 0 Å². The number of nitrogens with zero attached hydrogens (tertiary/aromatic N) is 1. The SMILES string of the molecule is N#Cc1cc(C(=O)O)cc(CN)c1Cl. The number of carboxylic acid groups (broad SMARTS) is 1. The molecule has 1 aromatic rings. The number of hydrogen-bond donors (Lipinski definition) is 2. The normalized spacial score (nSPS) is 9.50. The second kappa shape index (κ2) is 4.09. The van der Waals surface area contributed by atoms with Crippen molar-refractivity contribution in [1.29, 1.82) is 5.26 Å². The molecule has 0 saturated carbocycles. The highest BCUT2D eigenvalue weighted by Gasteiger charge is 2.11. The second-order valence-corrected chi connectivity index (χ2v) is 3.00. The third-order valence-corrected chi connectivity index (χ3v) is 2.18. The van der Waals surface area contributed by atoms with Crippen LogP contribution < -0.4 is 5.73 Å². The minimum atomic E-state index is -1.10. The highest BCUT2D eigenvalue weighted by molar-refractivity contribution is 6.32. The first-order chi connectivity index (χ1) is 6.60. The van der Waals surface area contributed by atoms with Gasteiger partial charge in [-0.25, -0.2) is 4.79 Å². The van der Waals surface area contributed by atoms with Crippen molar-refractivity contribution in [2.45, 2.75) is 6.54 Å². The maximum atomic E-state index is 10.7. The number of aromatic carboxylic acids is 1. The molecule has 0 fully saturated rings. The molecule has 5 heteroatoms. The zero-order valence-corrected chi connectivity index (χ0v) is 7.88. The highest BCUT2D eigenvalue weighted by Crippen LogP contribution is 2.22. The third kappa shape index (κ3) is 1.84. The Morgan fingerprint density at radius 2 is 2.29 bits per heavy atom. The van der Waals surface area contributed by atoms with Gasteiger partial charge in [0.25, 0.3) is 0 Å². The van der Waals surface area contributed by atoms with Crippen LogP contribution in [0.5, 0.6) is 0 Å². The molecule has 14 heavy (non-hydrogen) atoms. The van der Waals surface area contributed by atoms with Gasteiger partial charge in [0.1, 0.15) is 6.07 Å².